The number of nitrogens with zero attached hydrogens (tertiary/aromatic N) is 3. The maximum absolute atomic E-state index is 12.3. The van der Waals surface area contributed by atoms with Crippen LogP contribution in [0.1, 0.15) is 48.7 Å². The highest BCUT2D eigenvalue weighted by molar-refractivity contribution is 9.10. The molecule has 6 N–H and O–H groups in total. The van der Waals surface area contributed by atoms with Gasteiger partial charge >= 0.3 is 5.97 Å². The molecule has 31 heavy (non-hydrogen) atoms. The average Bonchev–Trinajstić information content (AvgIpc) is 3.25. The van der Waals surface area contributed by atoms with E-state index in [9.17, 15) is 19.8 Å². The van der Waals surface area contributed by atoms with E-state index in [1.54, 1.807) is 0 Å². The number of fused-ring (bicyclic) bond motifs is 1. The Kier molecular flexibility index (Phi) is 6.15. The van der Waals surface area contributed by atoms with Gasteiger partial charge in [-0.2, -0.15) is 0 Å². The van der Waals surface area contributed by atoms with Crippen molar-refractivity contribution in [3.63, 3.8) is 0 Å². The van der Waals surface area contributed by atoms with Crippen molar-refractivity contribution < 1.29 is 29.3 Å². The van der Waals surface area contributed by atoms with Gasteiger partial charge in [-0.25, -0.2) is 9.97 Å². The summed E-state index contributed by atoms with van der Waals surface area (Å²) in [6, 6.07) is 0. The molecule has 0 unspecified atom stereocenters. The zero-order valence-corrected chi connectivity index (χ0v) is 18.2. The Balaban J connectivity index is 1.52. The number of carbonyl (C=O) groups is 2. The van der Waals surface area contributed by atoms with Crippen molar-refractivity contribution in [1.29, 1.82) is 0 Å². The van der Waals surface area contributed by atoms with E-state index in [0.717, 1.165) is 32.1 Å². The van der Waals surface area contributed by atoms with Crippen molar-refractivity contribution in [2.45, 2.75) is 56.6 Å². The lowest BCUT2D eigenvalue weighted by Crippen LogP contribution is -2.35. The molecular formula is C19H24BrN5O6. The quantitative estimate of drug-likeness (QED) is 0.429. The van der Waals surface area contributed by atoms with Gasteiger partial charge in [0.2, 0.25) is 0 Å². The molecule has 1 amide bonds. The Hall–Kier alpha value is -2.28. The first kappa shape index (κ1) is 21.9. The fraction of sp³-hybridized carbons (Fsp3) is 0.579. The average molecular weight is 498 g/mol. The lowest BCUT2D eigenvalue weighted by Gasteiger charge is -2.22. The van der Waals surface area contributed by atoms with E-state index in [2.05, 4.69) is 25.9 Å². The fourth-order valence-electron chi connectivity index (χ4n) is 4.22. The summed E-state index contributed by atoms with van der Waals surface area (Å²) in [6.45, 7) is -0.194. The van der Waals surface area contributed by atoms with Crippen LogP contribution in [-0.2, 0) is 14.3 Å². The Morgan fingerprint density at radius 1 is 1.26 bits per heavy atom. The second-order valence-corrected chi connectivity index (χ2v) is 8.64. The Morgan fingerprint density at radius 2 is 1.97 bits per heavy atom. The van der Waals surface area contributed by atoms with E-state index in [1.807, 2.05) is 0 Å². The van der Waals surface area contributed by atoms with Crippen LogP contribution in [0, 0.1) is 5.92 Å². The minimum atomic E-state index is -1.36. The van der Waals surface area contributed by atoms with Gasteiger partial charge in [-0.05, 0) is 28.8 Å². The normalized spacial score (nSPS) is 26.9. The van der Waals surface area contributed by atoms with Gasteiger partial charge in [0.1, 0.15) is 47.5 Å². The van der Waals surface area contributed by atoms with Crippen LogP contribution in [0.4, 0.5) is 5.82 Å². The lowest BCUT2D eigenvalue weighted by atomic mass is 9.89. The smallest absolute Gasteiger partial charge is 0.309 e. The number of carbonyl (C=O) groups excluding carboxylic acids is 2. The molecule has 1 saturated heterocycles. The Morgan fingerprint density at radius 3 is 2.65 bits per heavy atom. The maximum atomic E-state index is 12.3. The van der Waals surface area contributed by atoms with Gasteiger partial charge in [-0.1, -0.05) is 19.3 Å². The minimum Gasteiger partial charge on any atom is -0.463 e. The number of rotatable bonds is 5. The molecule has 4 atom stereocenters. The summed E-state index contributed by atoms with van der Waals surface area (Å²) in [5.41, 5.74) is 11.6. The van der Waals surface area contributed by atoms with E-state index in [4.69, 9.17) is 20.9 Å². The van der Waals surface area contributed by atoms with Crippen LogP contribution in [0.5, 0.6) is 0 Å². The maximum Gasteiger partial charge on any atom is 0.309 e. The number of nitrogens with two attached hydrogens (primary N) is 2. The number of nitrogen functional groups attached to an aromatic ring is 1. The number of amides is 1. The third-order valence-electron chi connectivity index (χ3n) is 5.89. The fourth-order valence-corrected chi connectivity index (χ4v) is 4.78. The number of anilines is 1. The zero-order valence-electron chi connectivity index (χ0n) is 16.6. The van der Waals surface area contributed by atoms with Crippen molar-refractivity contribution in [3.05, 3.63) is 16.5 Å². The van der Waals surface area contributed by atoms with Gasteiger partial charge in [0.15, 0.2) is 6.23 Å². The number of hydrogen-bond acceptors (Lipinski definition) is 9. The van der Waals surface area contributed by atoms with E-state index < -0.39 is 30.4 Å². The molecule has 3 aliphatic heterocycles. The van der Waals surface area contributed by atoms with Crippen LogP contribution in [0.2, 0.25) is 0 Å². The molecular weight excluding hydrogens is 474 g/mol. The Labute approximate surface area is 186 Å². The number of hydrogen-bond donors (Lipinski definition) is 4. The second kappa shape index (κ2) is 8.69. The van der Waals surface area contributed by atoms with Gasteiger partial charge in [0.25, 0.3) is 5.91 Å². The predicted octanol–water partition coefficient (Wildman–Crippen LogP) is 0.569. The summed E-state index contributed by atoms with van der Waals surface area (Å²) in [7, 11) is 0. The SMILES string of the molecule is NC(=O)c1c(Br)nc2n([C@H]3O[C@@H](COC(=O)C4CCCCC4)[C@H](O)[C@H]3O)cnc(N)c1-2. The molecule has 0 bridgehead atoms. The van der Waals surface area contributed by atoms with Gasteiger partial charge < -0.3 is 31.2 Å². The summed E-state index contributed by atoms with van der Waals surface area (Å²) in [5, 5.41) is 21.0. The first-order valence-corrected chi connectivity index (χ1v) is 10.9. The topological polar surface area (TPSA) is 176 Å². The Bertz CT molecular complexity index is 962. The molecule has 2 fully saturated rings. The summed E-state index contributed by atoms with van der Waals surface area (Å²) in [6.07, 6.45) is 1.29. The predicted molar refractivity (Wildman–Crippen MR) is 111 cm³/mol. The van der Waals surface area contributed by atoms with Crippen LogP contribution >= 0.6 is 15.9 Å². The third kappa shape index (κ3) is 4.00. The van der Waals surface area contributed by atoms with Crippen molar-refractivity contribution in [2.75, 3.05) is 12.3 Å². The molecule has 1 aliphatic carbocycles. The van der Waals surface area contributed by atoms with Crippen molar-refractivity contribution in [1.82, 2.24) is 14.5 Å². The zero-order chi connectivity index (χ0) is 22.3. The highest BCUT2D eigenvalue weighted by atomic mass is 79.9. The third-order valence-corrected chi connectivity index (χ3v) is 6.47. The minimum absolute atomic E-state index is 0.0317. The monoisotopic (exact) mass is 497 g/mol. The molecule has 0 aromatic rings. The van der Waals surface area contributed by atoms with E-state index in [-0.39, 0.29) is 45.9 Å². The van der Waals surface area contributed by atoms with Crippen LogP contribution < -0.4 is 11.5 Å². The highest BCUT2D eigenvalue weighted by Gasteiger charge is 2.46. The van der Waals surface area contributed by atoms with Gasteiger partial charge in [-0.3, -0.25) is 14.2 Å². The molecule has 1 saturated carbocycles. The molecule has 3 heterocycles. The lowest BCUT2D eigenvalue weighted by molar-refractivity contribution is -0.156. The summed E-state index contributed by atoms with van der Waals surface area (Å²) in [5.74, 6) is -0.971. The van der Waals surface area contributed by atoms with E-state index in [0.29, 0.717) is 0 Å². The first-order chi connectivity index (χ1) is 14.8. The number of aliphatic hydroxyl groups excluding tert-OH is 2. The first-order valence-electron chi connectivity index (χ1n) is 10.1. The summed E-state index contributed by atoms with van der Waals surface area (Å²) < 4.78 is 12.7. The van der Waals surface area contributed by atoms with E-state index >= 15 is 0 Å². The number of esters is 1. The molecule has 0 aromatic carbocycles. The number of aromatic nitrogens is 3. The molecule has 0 spiro atoms. The largest absolute Gasteiger partial charge is 0.463 e. The van der Waals surface area contributed by atoms with Crippen LogP contribution in [0.3, 0.4) is 0 Å². The van der Waals surface area contributed by atoms with Crippen molar-refractivity contribution >= 4 is 33.6 Å². The molecule has 0 aromatic heterocycles. The summed E-state index contributed by atoms with van der Waals surface area (Å²) >= 11 is 3.19. The van der Waals surface area contributed by atoms with Crippen LogP contribution in [0.25, 0.3) is 11.4 Å². The number of aliphatic hydroxyl groups is 2. The molecule has 0 radical (unpaired) electrons. The van der Waals surface area contributed by atoms with Crippen molar-refractivity contribution in [2.24, 2.45) is 11.7 Å². The second-order valence-electron chi connectivity index (χ2n) is 7.89. The number of primary amides is 1. The number of ether oxygens (including phenoxy) is 2. The molecule has 12 heteroatoms. The van der Waals surface area contributed by atoms with Gasteiger partial charge in [-0.15, -0.1) is 0 Å². The van der Waals surface area contributed by atoms with Crippen LogP contribution in [0.15, 0.2) is 10.9 Å². The van der Waals surface area contributed by atoms with Gasteiger partial charge in [0, 0.05) is 0 Å². The van der Waals surface area contributed by atoms with Gasteiger partial charge in [0.05, 0.1) is 17.0 Å². The molecule has 168 valence electrons. The highest BCUT2D eigenvalue weighted by Crippen LogP contribution is 2.39. The molecule has 11 nitrogen and oxygen atoms in total. The van der Waals surface area contributed by atoms with Crippen LogP contribution in [-0.4, -0.2) is 61.5 Å². The molecule has 4 aliphatic rings. The van der Waals surface area contributed by atoms with E-state index in [1.165, 1.54) is 10.9 Å². The standard InChI is InChI=1S/C19H24BrN5O6/c20-14-10(16(22)28)11-15(21)23-7-25(17(11)24-14)18-13(27)12(26)9(31-18)6-30-19(29)8-4-2-1-3-5-8/h7-9,12-13,18,26-27H,1-6,21H2,(H2,22,28)/t9-,12-,13+,18-/m0/s1. The summed E-state index contributed by atoms with van der Waals surface area (Å²) in [4.78, 5) is 32.4. The molecule has 4 rings (SSSR count). The number of halogens is 1. The van der Waals surface area contributed by atoms with Crippen molar-refractivity contribution in [3.8, 4) is 11.4 Å².